The van der Waals surface area contributed by atoms with Gasteiger partial charge in [-0.1, -0.05) is 44.0 Å². The van der Waals surface area contributed by atoms with Crippen molar-refractivity contribution in [2.75, 3.05) is 18.0 Å². The van der Waals surface area contributed by atoms with Crippen LogP contribution in [0.2, 0.25) is 0 Å². The van der Waals surface area contributed by atoms with Crippen molar-refractivity contribution in [1.29, 1.82) is 0 Å². The minimum absolute atomic E-state index is 0.118. The SMILES string of the molecule is CCCCCNC(=O)c1ccnc(N2CCc3ccccc3C2)n1. The first-order valence-electron chi connectivity index (χ1n) is 8.71. The third kappa shape index (κ3) is 3.91. The van der Waals surface area contributed by atoms with E-state index in [1.807, 2.05) is 0 Å². The molecule has 1 amide bonds. The summed E-state index contributed by atoms with van der Waals surface area (Å²) in [6.07, 6.45) is 5.92. The molecule has 0 bridgehead atoms. The van der Waals surface area contributed by atoms with Crippen molar-refractivity contribution in [2.24, 2.45) is 0 Å². The average molecular weight is 324 g/mol. The van der Waals surface area contributed by atoms with Crippen molar-refractivity contribution in [3.63, 3.8) is 0 Å². The number of amides is 1. The van der Waals surface area contributed by atoms with Gasteiger partial charge in [0.25, 0.3) is 5.91 Å². The zero-order valence-electron chi connectivity index (χ0n) is 14.2. The van der Waals surface area contributed by atoms with Crippen molar-refractivity contribution in [2.45, 2.75) is 39.2 Å². The summed E-state index contributed by atoms with van der Waals surface area (Å²) in [6, 6.07) is 10.1. The van der Waals surface area contributed by atoms with E-state index >= 15 is 0 Å². The number of unbranched alkanes of at least 4 members (excludes halogenated alkanes) is 2. The van der Waals surface area contributed by atoms with Crippen LogP contribution in [0.25, 0.3) is 0 Å². The van der Waals surface area contributed by atoms with Gasteiger partial charge in [0.1, 0.15) is 5.69 Å². The maximum Gasteiger partial charge on any atom is 0.270 e. The van der Waals surface area contributed by atoms with Gasteiger partial charge in [-0.05, 0) is 30.0 Å². The lowest BCUT2D eigenvalue weighted by atomic mass is 10.0. The Morgan fingerprint density at radius 3 is 2.88 bits per heavy atom. The van der Waals surface area contributed by atoms with Crippen LogP contribution in [-0.4, -0.2) is 29.0 Å². The number of benzene rings is 1. The number of aromatic nitrogens is 2. The number of hydrogen-bond donors (Lipinski definition) is 1. The Kier molecular flexibility index (Phi) is 5.41. The lowest BCUT2D eigenvalue weighted by Crippen LogP contribution is -2.32. The Labute approximate surface area is 143 Å². The van der Waals surface area contributed by atoms with E-state index in [1.54, 1.807) is 12.3 Å². The maximum absolute atomic E-state index is 12.2. The van der Waals surface area contributed by atoms with Crippen LogP contribution in [0.5, 0.6) is 0 Å². The molecule has 3 rings (SSSR count). The fourth-order valence-corrected chi connectivity index (χ4v) is 2.96. The molecule has 2 heterocycles. The van der Waals surface area contributed by atoms with Gasteiger partial charge in [-0.2, -0.15) is 0 Å². The Morgan fingerprint density at radius 2 is 2.04 bits per heavy atom. The quantitative estimate of drug-likeness (QED) is 0.830. The summed E-state index contributed by atoms with van der Waals surface area (Å²) in [5.41, 5.74) is 3.13. The van der Waals surface area contributed by atoms with Crippen molar-refractivity contribution in [3.8, 4) is 0 Å². The van der Waals surface area contributed by atoms with Gasteiger partial charge in [-0.15, -0.1) is 0 Å². The van der Waals surface area contributed by atoms with Gasteiger partial charge in [0.15, 0.2) is 0 Å². The van der Waals surface area contributed by atoms with Gasteiger partial charge in [-0.3, -0.25) is 4.79 Å². The second-order valence-corrected chi connectivity index (χ2v) is 6.15. The summed E-state index contributed by atoms with van der Waals surface area (Å²) in [7, 11) is 0. The number of carbonyl (C=O) groups is 1. The van der Waals surface area contributed by atoms with Crippen LogP contribution < -0.4 is 10.2 Å². The molecule has 1 N–H and O–H groups in total. The van der Waals surface area contributed by atoms with Gasteiger partial charge in [-0.25, -0.2) is 9.97 Å². The second-order valence-electron chi connectivity index (χ2n) is 6.15. The smallest absolute Gasteiger partial charge is 0.270 e. The number of rotatable bonds is 6. The fourth-order valence-electron chi connectivity index (χ4n) is 2.96. The minimum atomic E-state index is -0.118. The normalized spacial score (nSPS) is 13.5. The highest BCUT2D eigenvalue weighted by atomic mass is 16.1. The Bertz CT molecular complexity index is 701. The van der Waals surface area contributed by atoms with Crippen molar-refractivity contribution in [1.82, 2.24) is 15.3 Å². The molecular weight excluding hydrogens is 300 g/mol. The van der Waals surface area contributed by atoms with Gasteiger partial charge >= 0.3 is 0 Å². The molecule has 0 radical (unpaired) electrons. The van der Waals surface area contributed by atoms with Crippen molar-refractivity contribution < 1.29 is 4.79 Å². The van der Waals surface area contributed by atoms with E-state index in [0.29, 0.717) is 18.2 Å². The van der Waals surface area contributed by atoms with Gasteiger partial charge in [0.2, 0.25) is 5.95 Å². The topological polar surface area (TPSA) is 58.1 Å². The second kappa shape index (κ2) is 7.90. The van der Waals surface area contributed by atoms with Crippen LogP contribution in [0.15, 0.2) is 36.5 Å². The highest BCUT2D eigenvalue weighted by Gasteiger charge is 2.19. The first-order chi connectivity index (χ1) is 11.8. The Morgan fingerprint density at radius 1 is 1.21 bits per heavy atom. The molecule has 0 unspecified atom stereocenters. The van der Waals surface area contributed by atoms with E-state index in [2.05, 4.69) is 51.4 Å². The first-order valence-corrected chi connectivity index (χ1v) is 8.71. The summed E-state index contributed by atoms with van der Waals surface area (Å²) in [5.74, 6) is 0.512. The predicted octanol–water partition coefficient (Wildman–Crippen LogP) is 2.96. The molecule has 0 atom stereocenters. The summed E-state index contributed by atoms with van der Waals surface area (Å²) in [6.45, 7) is 4.51. The number of nitrogens with one attached hydrogen (secondary N) is 1. The van der Waals surface area contributed by atoms with E-state index in [4.69, 9.17) is 0 Å². The number of hydrogen-bond acceptors (Lipinski definition) is 4. The summed E-state index contributed by atoms with van der Waals surface area (Å²) in [5, 5.41) is 2.93. The van der Waals surface area contributed by atoms with Gasteiger partial charge in [0.05, 0.1) is 0 Å². The van der Waals surface area contributed by atoms with Crippen LogP contribution in [0.1, 0.15) is 47.8 Å². The molecule has 24 heavy (non-hydrogen) atoms. The van der Waals surface area contributed by atoms with Crippen LogP contribution >= 0.6 is 0 Å². The van der Waals surface area contributed by atoms with E-state index < -0.39 is 0 Å². The number of carbonyl (C=O) groups excluding carboxylic acids is 1. The number of nitrogens with zero attached hydrogens (tertiary/aromatic N) is 3. The minimum Gasteiger partial charge on any atom is -0.351 e. The highest BCUT2D eigenvalue weighted by Crippen LogP contribution is 2.21. The molecule has 0 saturated heterocycles. The Hall–Kier alpha value is -2.43. The van der Waals surface area contributed by atoms with Gasteiger partial charge in [0, 0.05) is 25.8 Å². The molecule has 0 aliphatic carbocycles. The molecule has 5 heteroatoms. The zero-order valence-corrected chi connectivity index (χ0v) is 14.2. The third-order valence-corrected chi connectivity index (χ3v) is 4.35. The van der Waals surface area contributed by atoms with E-state index in [9.17, 15) is 4.79 Å². The fraction of sp³-hybridized carbons (Fsp3) is 0.421. The zero-order chi connectivity index (χ0) is 16.8. The lowest BCUT2D eigenvalue weighted by molar-refractivity contribution is 0.0948. The van der Waals surface area contributed by atoms with Crippen molar-refractivity contribution >= 4 is 11.9 Å². The molecule has 1 aromatic carbocycles. The van der Waals surface area contributed by atoms with Crippen LogP contribution in [0.4, 0.5) is 5.95 Å². The Balaban J connectivity index is 1.66. The molecule has 1 aliphatic heterocycles. The molecule has 0 fully saturated rings. The van der Waals surface area contributed by atoms with Crippen LogP contribution in [0, 0.1) is 0 Å². The maximum atomic E-state index is 12.2. The molecule has 1 aromatic heterocycles. The predicted molar refractivity (Wildman–Crippen MR) is 95.1 cm³/mol. The molecular formula is C19H24N4O. The number of anilines is 1. The summed E-state index contributed by atoms with van der Waals surface area (Å²) in [4.78, 5) is 23.2. The summed E-state index contributed by atoms with van der Waals surface area (Å²) < 4.78 is 0. The van der Waals surface area contributed by atoms with Crippen LogP contribution in [0.3, 0.4) is 0 Å². The summed E-state index contributed by atoms with van der Waals surface area (Å²) >= 11 is 0. The molecule has 2 aromatic rings. The molecule has 0 saturated carbocycles. The number of fused-ring (bicyclic) bond motifs is 1. The van der Waals surface area contributed by atoms with Crippen LogP contribution in [-0.2, 0) is 13.0 Å². The van der Waals surface area contributed by atoms with Gasteiger partial charge < -0.3 is 10.2 Å². The molecule has 0 spiro atoms. The third-order valence-electron chi connectivity index (χ3n) is 4.35. The van der Waals surface area contributed by atoms with E-state index in [0.717, 1.165) is 38.8 Å². The molecule has 5 nitrogen and oxygen atoms in total. The van der Waals surface area contributed by atoms with E-state index in [1.165, 1.54) is 11.1 Å². The average Bonchev–Trinajstić information content (AvgIpc) is 2.65. The monoisotopic (exact) mass is 324 g/mol. The molecule has 126 valence electrons. The van der Waals surface area contributed by atoms with Crippen molar-refractivity contribution in [3.05, 3.63) is 53.3 Å². The molecule has 1 aliphatic rings. The standard InChI is InChI=1S/C19H24N4O/c1-2-3-6-11-20-18(24)17-9-12-21-19(22-17)23-13-10-15-7-4-5-8-16(15)14-23/h4-5,7-9,12H,2-3,6,10-11,13-14H2,1H3,(H,20,24). The largest absolute Gasteiger partial charge is 0.351 e. The van der Waals surface area contributed by atoms with E-state index in [-0.39, 0.29) is 5.91 Å². The highest BCUT2D eigenvalue weighted by molar-refractivity contribution is 5.92. The lowest BCUT2D eigenvalue weighted by Gasteiger charge is -2.28. The first kappa shape index (κ1) is 16.4.